The zero-order valence-electron chi connectivity index (χ0n) is 14.3. The Bertz CT molecular complexity index is 618. The van der Waals surface area contributed by atoms with Gasteiger partial charge in [-0.25, -0.2) is 0 Å². The first-order valence-corrected chi connectivity index (χ1v) is 8.80. The number of amides is 1. The van der Waals surface area contributed by atoms with Crippen LogP contribution >= 0.6 is 0 Å². The molecule has 1 saturated heterocycles. The molecule has 2 aliphatic rings. The lowest BCUT2D eigenvalue weighted by molar-refractivity contribution is -0.134. The Kier molecular flexibility index (Phi) is 5.56. The highest BCUT2D eigenvalue weighted by molar-refractivity contribution is 5.76. The van der Waals surface area contributed by atoms with E-state index in [0.717, 1.165) is 26.0 Å². The first kappa shape index (κ1) is 17.0. The molecule has 132 valence electrons. The molecular formula is C18H26N2O4. The summed E-state index contributed by atoms with van der Waals surface area (Å²) in [5.74, 6) is 0.833. The number of nitrogens with zero attached hydrogens (tertiary/aromatic N) is 2. The molecule has 1 atom stereocenters. The quantitative estimate of drug-likeness (QED) is 0.761. The second kappa shape index (κ2) is 7.83. The highest BCUT2D eigenvalue weighted by Crippen LogP contribution is 2.27. The third-order valence-electron chi connectivity index (χ3n) is 5.01. The highest BCUT2D eigenvalue weighted by atomic mass is 16.5. The summed E-state index contributed by atoms with van der Waals surface area (Å²) in [6.07, 6.45) is 7.47. The molecule has 6 heteroatoms. The fraction of sp³-hybridized carbons (Fsp3) is 0.667. The molecular weight excluding hydrogens is 308 g/mol. The highest BCUT2D eigenvalue weighted by Gasteiger charge is 2.27. The van der Waals surface area contributed by atoms with Gasteiger partial charge in [0, 0.05) is 25.9 Å². The molecule has 1 aliphatic heterocycles. The summed E-state index contributed by atoms with van der Waals surface area (Å²) in [6.45, 7) is 2.24. The lowest BCUT2D eigenvalue weighted by Crippen LogP contribution is -2.44. The molecule has 0 radical (unpaired) electrons. The molecule has 1 aliphatic carbocycles. The van der Waals surface area contributed by atoms with Crippen LogP contribution in [0.25, 0.3) is 0 Å². The van der Waals surface area contributed by atoms with Crippen LogP contribution in [-0.2, 0) is 16.1 Å². The number of hydrogen-bond acceptors (Lipinski definition) is 4. The van der Waals surface area contributed by atoms with Gasteiger partial charge in [-0.15, -0.1) is 0 Å². The monoisotopic (exact) mass is 334 g/mol. The van der Waals surface area contributed by atoms with E-state index in [9.17, 15) is 9.59 Å². The van der Waals surface area contributed by atoms with E-state index in [1.807, 2.05) is 4.90 Å². The van der Waals surface area contributed by atoms with Crippen molar-refractivity contribution in [1.82, 2.24) is 9.47 Å². The Balaban J connectivity index is 1.68. The van der Waals surface area contributed by atoms with E-state index in [-0.39, 0.29) is 29.9 Å². The fourth-order valence-corrected chi connectivity index (χ4v) is 3.34. The molecule has 0 unspecified atom stereocenters. The first-order valence-electron chi connectivity index (χ1n) is 8.80. The van der Waals surface area contributed by atoms with E-state index in [4.69, 9.17) is 9.47 Å². The van der Waals surface area contributed by atoms with Crippen molar-refractivity contribution in [2.24, 2.45) is 5.92 Å². The number of aromatic nitrogens is 1. The van der Waals surface area contributed by atoms with Crippen molar-refractivity contribution in [3.8, 4) is 5.75 Å². The Hall–Kier alpha value is -1.82. The van der Waals surface area contributed by atoms with Gasteiger partial charge in [0.2, 0.25) is 5.91 Å². The smallest absolute Gasteiger partial charge is 0.293 e. The van der Waals surface area contributed by atoms with Crippen molar-refractivity contribution in [3.63, 3.8) is 0 Å². The Morgan fingerprint density at radius 1 is 1.33 bits per heavy atom. The van der Waals surface area contributed by atoms with Gasteiger partial charge in [-0.05, 0) is 43.7 Å². The molecule has 0 N–H and O–H groups in total. The van der Waals surface area contributed by atoms with Gasteiger partial charge in [-0.2, -0.15) is 0 Å². The summed E-state index contributed by atoms with van der Waals surface area (Å²) in [6, 6.07) is 3.34. The van der Waals surface area contributed by atoms with Gasteiger partial charge < -0.3 is 18.9 Å². The summed E-state index contributed by atoms with van der Waals surface area (Å²) in [5.41, 5.74) is -0.269. The molecule has 1 amide bonds. The van der Waals surface area contributed by atoms with Crippen LogP contribution in [-0.4, -0.2) is 48.3 Å². The van der Waals surface area contributed by atoms with Crippen molar-refractivity contribution in [1.29, 1.82) is 0 Å². The standard InChI is InChI=1S/C18H26N2O4/c1-23-16-8-3-9-19(18(16)22)13-17(21)20(11-14-5-2-6-14)12-15-7-4-10-24-15/h3,8-9,14-15H,2,4-7,10-13H2,1H3/t15-/m0/s1. The van der Waals surface area contributed by atoms with Crippen molar-refractivity contribution in [2.45, 2.75) is 44.8 Å². The number of carbonyl (C=O) groups excluding carboxylic acids is 1. The number of ether oxygens (including phenoxy) is 2. The minimum atomic E-state index is -0.269. The number of rotatable bonds is 7. The number of methoxy groups -OCH3 is 1. The van der Waals surface area contributed by atoms with E-state index >= 15 is 0 Å². The Labute approximate surface area is 142 Å². The molecule has 0 aromatic carbocycles. The van der Waals surface area contributed by atoms with Crippen LogP contribution in [0.5, 0.6) is 5.75 Å². The third kappa shape index (κ3) is 3.98. The van der Waals surface area contributed by atoms with E-state index in [2.05, 4.69) is 0 Å². The predicted octanol–water partition coefficient (Wildman–Crippen LogP) is 1.66. The molecule has 2 heterocycles. The molecule has 6 nitrogen and oxygen atoms in total. The molecule has 0 spiro atoms. The van der Waals surface area contributed by atoms with Crippen LogP contribution < -0.4 is 10.3 Å². The molecule has 24 heavy (non-hydrogen) atoms. The first-order chi connectivity index (χ1) is 11.7. The molecule has 1 aromatic heterocycles. The number of carbonyl (C=O) groups is 1. The average Bonchev–Trinajstić information content (AvgIpc) is 3.04. The maximum Gasteiger partial charge on any atom is 0.293 e. The second-order valence-electron chi connectivity index (χ2n) is 6.74. The van der Waals surface area contributed by atoms with E-state index < -0.39 is 0 Å². The van der Waals surface area contributed by atoms with Gasteiger partial charge in [0.25, 0.3) is 5.56 Å². The van der Waals surface area contributed by atoms with Gasteiger partial charge >= 0.3 is 0 Å². The van der Waals surface area contributed by atoms with E-state index in [0.29, 0.717) is 12.5 Å². The van der Waals surface area contributed by atoms with Crippen molar-refractivity contribution >= 4 is 5.91 Å². The third-order valence-corrected chi connectivity index (χ3v) is 5.01. The van der Waals surface area contributed by atoms with Gasteiger partial charge in [-0.3, -0.25) is 9.59 Å². The fourth-order valence-electron chi connectivity index (χ4n) is 3.34. The summed E-state index contributed by atoms with van der Waals surface area (Å²) in [4.78, 5) is 26.9. The zero-order valence-corrected chi connectivity index (χ0v) is 14.3. The largest absolute Gasteiger partial charge is 0.491 e. The van der Waals surface area contributed by atoms with Gasteiger partial charge in [0.1, 0.15) is 6.54 Å². The average molecular weight is 334 g/mol. The Morgan fingerprint density at radius 3 is 2.79 bits per heavy atom. The molecule has 2 fully saturated rings. The second-order valence-corrected chi connectivity index (χ2v) is 6.74. The van der Waals surface area contributed by atoms with Crippen molar-refractivity contribution in [3.05, 3.63) is 28.7 Å². The van der Waals surface area contributed by atoms with E-state index in [1.54, 1.807) is 18.3 Å². The lowest BCUT2D eigenvalue weighted by Gasteiger charge is -2.33. The molecule has 1 saturated carbocycles. The summed E-state index contributed by atoms with van der Waals surface area (Å²) >= 11 is 0. The van der Waals surface area contributed by atoms with Crippen molar-refractivity contribution < 1.29 is 14.3 Å². The summed E-state index contributed by atoms with van der Waals surface area (Å²) < 4.78 is 12.2. The predicted molar refractivity (Wildman–Crippen MR) is 90.1 cm³/mol. The van der Waals surface area contributed by atoms with Crippen LogP contribution in [0, 0.1) is 5.92 Å². The minimum Gasteiger partial charge on any atom is -0.491 e. The number of hydrogen-bond donors (Lipinski definition) is 0. The summed E-state index contributed by atoms with van der Waals surface area (Å²) in [7, 11) is 1.46. The molecule has 1 aromatic rings. The van der Waals surface area contributed by atoms with E-state index in [1.165, 1.54) is 30.9 Å². The maximum absolute atomic E-state index is 12.8. The van der Waals surface area contributed by atoms with Crippen LogP contribution in [0.2, 0.25) is 0 Å². The number of pyridine rings is 1. The summed E-state index contributed by atoms with van der Waals surface area (Å²) in [5, 5.41) is 0. The molecule has 3 rings (SSSR count). The topological polar surface area (TPSA) is 60.8 Å². The normalized spacial score (nSPS) is 20.6. The zero-order chi connectivity index (χ0) is 16.9. The maximum atomic E-state index is 12.8. The van der Waals surface area contributed by atoms with Gasteiger partial charge in [0.15, 0.2) is 5.75 Å². The van der Waals surface area contributed by atoms with Gasteiger partial charge in [0.05, 0.1) is 13.2 Å². The molecule has 0 bridgehead atoms. The van der Waals surface area contributed by atoms with Crippen LogP contribution in [0.4, 0.5) is 0 Å². The van der Waals surface area contributed by atoms with Crippen LogP contribution in [0.3, 0.4) is 0 Å². The Morgan fingerprint density at radius 2 is 2.17 bits per heavy atom. The minimum absolute atomic E-state index is 0.0206. The van der Waals surface area contributed by atoms with Crippen molar-refractivity contribution in [2.75, 3.05) is 26.8 Å². The van der Waals surface area contributed by atoms with Crippen LogP contribution in [0.1, 0.15) is 32.1 Å². The van der Waals surface area contributed by atoms with Crippen LogP contribution in [0.15, 0.2) is 23.1 Å². The van der Waals surface area contributed by atoms with Gasteiger partial charge in [-0.1, -0.05) is 6.42 Å². The SMILES string of the molecule is COc1cccn(CC(=O)N(CC2CCC2)C[C@@H]2CCCO2)c1=O. The lowest BCUT2D eigenvalue weighted by atomic mass is 9.85.